The normalized spacial score (nSPS) is 9.71. The van der Waals surface area contributed by atoms with Gasteiger partial charge in [-0.1, -0.05) is 6.08 Å². The quantitative estimate of drug-likeness (QED) is 0.792. The Hall–Kier alpha value is -2.10. The SMILES string of the molecule is C=CCN(CC)C(=O)c1ccc(C(=O)O)cc1. The van der Waals surface area contributed by atoms with Gasteiger partial charge in [-0.2, -0.15) is 0 Å². The van der Waals surface area contributed by atoms with E-state index in [1.807, 2.05) is 6.92 Å². The van der Waals surface area contributed by atoms with Gasteiger partial charge in [0, 0.05) is 18.7 Å². The highest BCUT2D eigenvalue weighted by Gasteiger charge is 2.13. The Morgan fingerprint density at radius 3 is 2.24 bits per heavy atom. The molecule has 1 rings (SSSR count). The van der Waals surface area contributed by atoms with Crippen LogP contribution >= 0.6 is 0 Å². The molecule has 17 heavy (non-hydrogen) atoms. The van der Waals surface area contributed by atoms with Crippen LogP contribution < -0.4 is 0 Å². The standard InChI is InChI=1S/C13H15NO3/c1-3-9-14(4-2)12(15)10-5-7-11(8-6-10)13(16)17/h3,5-8H,1,4,9H2,2H3,(H,16,17). The first-order valence-corrected chi connectivity index (χ1v) is 5.33. The summed E-state index contributed by atoms with van der Waals surface area (Å²) in [7, 11) is 0. The lowest BCUT2D eigenvalue weighted by atomic mass is 10.1. The number of carboxylic acids is 1. The number of nitrogens with zero attached hydrogens (tertiary/aromatic N) is 1. The highest BCUT2D eigenvalue weighted by atomic mass is 16.4. The Bertz CT molecular complexity index is 423. The van der Waals surface area contributed by atoms with E-state index < -0.39 is 5.97 Å². The van der Waals surface area contributed by atoms with E-state index in [9.17, 15) is 9.59 Å². The van der Waals surface area contributed by atoms with Gasteiger partial charge in [0.05, 0.1) is 5.56 Å². The molecule has 0 aliphatic rings. The second-order valence-corrected chi connectivity index (χ2v) is 3.51. The molecule has 0 spiro atoms. The van der Waals surface area contributed by atoms with Gasteiger partial charge >= 0.3 is 5.97 Å². The molecule has 0 radical (unpaired) electrons. The van der Waals surface area contributed by atoms with Crippen molar-refractivity contribution in [3.8, 4) is 0 Å². The third-order valence-corrected chi connectivity index (χ3v) is 2.40. The maximum Gasteiger partial charge on any atom is 0.335 e. The minimum atomic E-state index is -0.998. The maximum atomic E-state index is 12.0. The molecule has 1 aromatic rings. The number of benzene rings is 1. The van der Waals surface area contributed by atoms with Crippen molar-refractivity contribution in [3.05, 3.63) is 48.0 Å². The van der Waals surface area contributed by atoms with E-state index >= 15 is 0 Å². The van der Waals surface area contributed by atoms with Crippen molar-refractivity contribution in [2.24, 2.45) is 0 Å². The number of hydrogen-bond acceptors (Lipinski definition) is 2. The smallest absolute Gasteiger partial charge is 0.335 e. The van der Waals surface area contributed by atoms with Gasteiger partial charge in [-0.05, 0) is 31.2 Å². The molecule has 0 unspecified atom stereocenters. The highest BCUT2D eigenvalue weighted by molar-refractivity contribution is 5.95. The lowest BCUT2D eigenvalue weighted by Gasteiger charge is -2.18. The zero-order valence-corrected chi connectivity index (χ0v) is 9.72. The van der Waals surface area contributed by atoms with Crippen molar-refractivity contribution in [2.75, 3.05) is 13.1 Å². The first kappa shape index (κ1) is 13.0. The summed E-state index contributed by atoms with van der Waals surface area (Å²) < 4.78 is 0. The fourth-order valence-electron chi connectivity index (χ4n) is 1.45. The average molecular weight is 233 g/mol. The molecule has 0 aliphatic carbocycles. The van der Waals surface area contributed by atoms with Gasteiger partial charge in [-0.15, -0.1) is 6.58 Å². The van der Waals surface area contributed by atoms with Crippen molar-refractivity contribution < 1.29 is 14.7 Å². The maximum absolute atomic E-state index is 12.0. The van der Waals surface area contributed by atoms with Gasteiger partial charge in [0.2, 0.25) is 0 Å². The Kier molecular flexibility index (Phi) is 4.46. The van der Waals surface area contributed by atoms with E-state index in [-0.39, 0.29) is 11.5 Å². The van der Waals surface area contributed by atoms with E-state index in [1.54, 1.807) is 11.0 Å². The number of rotatable bonds is 5. The molecular formula is C13H15NO3. The third kappa shape index (κ3) is 3.17. The number of carbonyl (C=O) groups excluding carboxylic acids is 1. The van der Waals surface area contributed by atoms with Crippen molar-refractivity contribution in [2.45, 2.75) is 6.92 Å². The summed E-state index contributed by atoms with van der Waals surface area (Å²) in [6.07, 6.45) is 1.66. The van der Waals surface area contributed by atoms with Crippen LogP contribution in [0.1, 0.15) is 27.6 Å². The molecule has 0 fully saturated rings. The molecule has 90 valence electrons. The first-order chi connectivity index (χ1) is 8.10. The van der Waals surface area contributed by atoms with Crippen LogP contribution in [-0.4, -0.2) is 35.0 Å². The van der Waals surface area contributed by atoms with E-state index in [0.717, 1.165) is 0 Å². The van der Waals surface area contributed by atoms with Crippen LogP contribution in [0.4, 0.5) is 0 Å². The summed E-state index contributed by atoms with van der Waals surface area (Å²) in [6, 6.07) is 5.91. The Balaban J connectivity index is 2.88. The van der Waals surface area contributed by atoms with Crippen molar-refractivity contribution >= 4 is 11.9 Å². The Morgan fingerprint density at radius 1 is 1.29 bits per heavy atom. The Morgan fingerprint density at radius 2 is 1.82 bits per heavy atom. The lowest BCUT2D eigenvalue weighted by Crippen LogP contribution is -2.30. The fourth-order valence-corrected chi connectivity index (χ4v) is 1.45. The summed E-state index contributed by atoms with van der Waals surface area (Å²) in [5.74, 6) is -1.12. The van der Waals surface area contributed by atoms with Crippen molar-refractivity contribution in [1.29, 1.82) is 0 Å². The monoisotopic (exact) mass is 233 g/mol. The predicted molar refractivity (Wildman–Crippen MR) is 65.2 cm³/mol. The van der Waals surface area contributed by atoms with Crippen LogP contribution in [0.25, 0.3) is 0 Å². The van der Waals surface area contributed by atoms with Gasteiger partial charge in [0.1, 0.15) is 0 Å². The molecule has 1 aromatic carbocycles. The molecular weight excluding hydrogens is 218 g/mol. The minimum Gasteiger partial charge on any atom is -0.478 e. The summed E-state index contributed by atoms with van der Waals surface area (Å²) >= 11 is 0. The highest BCUT2D eigenvalue weighted by Crippen LogP contribution is 2.08. The number of aromatic carboxylic acids is 1. The van der Waals surface area contributed by atoms with Crippen LogP contribution in [0.5, 0.6) is 0 Å². The molecule has 0 saturated carbocycles. The molecule has 0 aromatic heterocycles. The lowest BCUT2D eigenvalue weighted by molar-refractivity contribution is 0.0694. The number of hydrogen-bond donors (Lipinski definition) is 1. The third-order valence-electron chi connectivity index (χ3n) is 2.40. The van der Waals surface area contributed by atoms with Gasteiger partial charge in [-0.3, -0.25) is 4.79 Å². The van der Waals surface area contributed by atoms with Crippen LogP contribution in [0.15, 0.2) is 36.9 Å². The summed E-state index contributed by atoms with van der Waals surface area (Å²) in [5, 5.41) is 8.75. The zero-order chi connectivity index (χ0) is 12.8. The van der Waals surface area contributed by atoms with E-state index in [0.29, 0.717) is 18.7 Å². The average Bonchev–Trinajstić information content (AvgIpc) is 2.35. The first-order valence-electron chi connectivity index (χ1n) is 5.33. The second-order valence-electron chi connectivity index (χ2n) is 3.51. The number of likely N-dealkylation sites (N-methyl/N-ethyl adjacent to an activating group) is 1. The van der Waals surface area contributed by atoms with Crippen LogP contribution in [0, 0.1) is 0 Å². The molecule has 0 heterocycles. The molecule has 1 amide bonds. The summed E-state index contributed by atoms with van der Waals surface area (Å²) in [4.78, 5) is 24.3. The van der Waals surface area contributed by atoms with Crippen LogP contribution in [0.2, 0.25) is 0 Å². The van der Waals surface area contributed by atoms with Gasteiger partial charge in [0.25, 0.3) is 5.91 Å². The van der Waals surface area contributed by atoms with Crippen LogP contribution in [0.3, 0.4) is 0 Å². The molecule has 0 saturated heterocycles. The van der Waals surface area contributed by atoms with E-state index in [4.69, 9.17) is 5.11 Å². The van der Waals surface area contributed by atoms with E-state index in [1.165, 1.54) is 24.3 Å². The molecule has 0 atom stereocenters. The van der Waals surface area contributed by atoms with Gasteiger partial charge in [-0.25, -0.2) is 4.79 Å². The molecule has 0 bridgehead atoms. The topological polar surface area (TPSA) is 57.6 Å². The van der Waals surface area contributed by atoms with Gasteiger partial charge < -0.3 is 10.0 Å². The van der Waals surface area contributed by atoms with Crippen molar-refractivity contribution in [1.82, 2.24) is 4.90 Å². The second kappa shape index (κ2) is 5.84. The largest absolute Gasteiger partial charge is 0.478 e. The molecule has 1 N–H and O–H groups in total. The van der Waals surface area contributed by atoms with Crippen LogP contribution in [-0.2, 0) is 0 Å². The number of carboxylic acid groups (broad SMARTS) is 1. The van der Waals surface area contributed by atoms with Gasteiger partial charge in [0.15, 0.2) is 0 Å². The number of carbonyl (C=O) groups is 2. The fraction of sp³-hybridized carbons (Fsp3) is 0.231. The zero-order valence-electron chi connectivity index (χ0n) is 9.72. The molecule has 4 heteroatoms. The summed E-state index contributed by atoms with van der Waals surface area (Å²) in [6.45, 7) is 6.54. The summed E-state index contributed by atoms with van der Waals surface area (Å²) in [5.41, 5.74) is 0.659. The molecule has 0 aliphatic heterocycles. The Labute approximate surface area is 100 Å². The molecule has 4 nitrogen and oxygen atoms in total. The predicted octanol–water partition coefficient (Wildman–Crippen LogP) is 2.03. The van der Waals surface area contributed by atoms with E-state index in [2.05, 4.69) is 6.58 Å². The van der Waals surface area contributed by atoms with Crippen molar-refractivity contribution in [3.63, 3.8) is 0 Å². The minimum absolute atomic E-state index is 0.121. The number of amides is 1.